The van der Waals surface area contributed by atoms with E-state index in [1.165, 1.54) is 0 Å². The smallest absolute Gasteiger partial charge is 0.228 e. The molecule has 1 N–H and O–H groups in total. The lowest BCUT2D eigenvalue weighted by Crippen LogP contribution is -2.22. The molecule has 0 aliphatic heterocycles. The van der Waals surface area contributed by atoms with Crippen LogP contribution in [0.4, 0.5) is 11.8 Å². The van der Waals surface area contributed by atoms with E-state index < -0.39 is 0 Å². The largest absolute Gasteiger partial charge is 0.353 e. The van der Waals surface area contributed by atoms with Crippen LogP contribution < -0.4 is 9.80 Å². The summed E-state index contributed by atoms with van der Waals surface area (Å²) in [6.07, 6.45) is 1.81. The Hall–Kier alpha value is -2.57. The van der Waals surface area contributed by atoms with Crippen LogP contribution >= 0.6 is 0 Å². The quantitative estimate of drug-likeness (QED) is 0.794. The number of fused-ring (bicyclic) bond motifs is 1. The third-order valence-electron chi connectivity index (χ3n) is 3.67. The molecule has 3 rings (SSSR count). The van der Waals surface area contributed by atoms with Crippen LogP contribution in [0.3, 0.4) is 0 Å². The number of nitrogens with one attached hydrogen (secondary N) is 1. The van der Waals surface area contributed by atoms with Gasteiger partial charge < -0.3 is 14.8 Å². The maximum Gasteiger partial charge on any atom is 0.228 e. The normalized spacial score (nSPS) is 11.1. The number of H-pyrrole nitrogens is 1. The molecule has 7 heteroatoms. The first-order valence-corrected chi connectivity index (χ1v) is 7.18. The number of anilines is 2. The highest BCUT2D eigenvalue weighted by Crippen LogP contribution is 2.27. The summed E-state index contributed by atoms with van der Waals surface area (Å²) in [6.45, 7) is 2.77. The lowest BCUT2D eigenvalue weighted by Gasteiger charge is -2.21. The molecule has 0 saturated heterocycles. The first kappa shape index (κ1) is 14.4. The molecule has 0 spiro atoms. The van der Waals surface area contributed by atoms with Crippen molar-refractivity contribution in [1.82, 2.24) is 24.7 Å². The number of hydrogen-bond donors (Lipinski definition) is 1. The highest BCUT2D eigenvalue weighted by Gasteiger charge is 2.15. The highest BCUT2D eigenvalue weighted by molar-refractivity contribution is 5.89. The minimum Gasteiger partial charge on any atom is -0.353 e. The number of aryl methyl sites for hydroxylation is 2. The summed E-state index contributed by atoms with van der Waals surface area (Å²) in [5, 5.41) is 5.25. The van der Waals surface area contributed by atoms with E-state index in [-0.39, 0.29) is 0 Å². The van der Waals surface area contributed by atoms with Gasteiger partial charge in [-0.25, -0.2) is 0 Å². The fraction of sp³-hybridized carbons (Fsp3) is 0.400. The van der Waals surface area contributed by atoms with Crippen LogP contribution in [0.1, 0.15) is 11.4 Å². The maximum absolute atomic E-state index is 4.71. The van der Waals surface area contributed by atoms with Gasteiger partial charge in [-0.15, -0.1) is 0 Å². The van der Waals surface area contributed by atoms with Crippen molar-refractivity contribution in [2.24, 2.45) is 7.05 Å². The van der Waals surface area contributed by atoms with Crippen molar-refractivity contribution in [2.45, 2.75) is 13.5 Å². The third-order valence-corrected chi connectivity index (χ3v) is 3.67. The van der Waals surface area contributed by atoms with Crippen LogP contribution in [-0.4, -0.2) is 45.9 Å². The Morgan fingerprint density at radius 2 is 2.00 bits per heavy atom. The van der Waals surface area contributed by atoms with Gasteiger partial charge in [0.25, 0.3) is 0 Å². The molecule has 0 fully saturated rings. The van der Waals surface area contributed by atoms with Gasteiger partial charge in [-0.1, -0.05) is 0 Å². The Bertz CT molecular complexity index is 799. The minimum atomic E-state index is 0.696. The molecular weight excluding hydrogens is 278 g/mol. The van der Waals surface area contributed by atoms with Gasteiger partial charge in [0.1, 0.15) is 11.5 Å². The summed E-state index contributed by atoms with van der Waals surface area (Å²) in [7, 11) is 7.88. The van der Waals surface area contributed by atoms with E-state index in [4.69, 9.17) is 4.98 Å². The van der Waals surface area contributed by atoms with Crippen molar-refractivity contribution in [2.75, 3.05) is 30.9 Å². The molecule has 0 amide bonds. The topological polar surface area (TPSA) is 65.9 Å². The Morgan fingerprint density at radius 1 is 1.23 bits per heavy atom. The second-order valence-electron chi connectivity index (χ2n) is 5.76. The summed E-state index contributed by atoms with van der Waals surface area (Å²) < 4.78 is 1.88. The fourth-order valence-corrected chi connectivity index (χ4v) is 2.48. The first-order valence-electron chi connectivity index (χ1n) is 7.18. The summed E-state index contributed by atoms with van der Waals surface area (Å²) >= 11 is 0. The molecule has 0 atom stereocenters. The van der Waals surface area contributed by atoms with Crippen LogP contribution in [0.2, 0.25) is 0 Å². The standard InChI is InChI=1S/C15H21N7/c1-10-8-12-13(17-10)18-15(20(2)3)19-14(12)21(4)9-11-6-7-16-22(11)5/h6-8H,9H2,1-5H3,(H,17,18,19). The summed E-state index contributed by atoms with van der Waals surface area (Å²) in [4.78, 5) is 16.6. The Balaban J connectivity index is 2.05. The molecule has 0 aromatic carbocycles. The van der Waals surface area contributed by atoms with Crippen molar-refractivity contribution < 1.29 is 0 Å². The molecule has 22 heavy (non-hydrogen) atoms. The van der Waals surface area contributed by atoms with E-state index in [2.05, 4.69) is 26.0 Å². The van der Waals surface area contributed by atoms with E-state index in [9.17, 15) is 0 Å². The molecule has 7 nitrogen and oxygen atoms in total. The summed E-state index contributed by atoms with van der Waals surface area (Å²) in [5.41, 5.74) is 3.08. The molecular formula is C15H21N7. The number of nitrogens with zero attached hydrogens (tertiary/aromatic N) is 6. The molecule has 116 valence electrons. The van der Waals surface area contributed by atoms with Gasteiger partial charge in [0.05, 0.1) is 17.6 Å². The number of aromatic nitrogens is 5. The number of hydrogen-bond acceptors (Lipinski definition) is 5. The molecule has 3 heterocycles. The summed E-state index contributed by atoms with van der Waals surface area (Å²) in [6, 6.07) is 4.11. The van der Waals surface area contributed by atoms with Crippen molar-refractivity contribution in [1.29, 1.82) is 0 Å². The van der Waals surface area contributed by atoms with Crippen molar-refractivity contribution in [3.05, 3.63) is 29.7 Å². The SMILES string of the molecule is Cc1cc2c(N(C)Cc3ccnn3C)nc(N(C)C)nc2[nH]1. The van der Waals surface area contributed by atoms with Crippen LogP contribution in [0.15, 0.2) is 18.3 Å². The first-order chi connectivity index (χ1) is 10.5. The van der Waals surface area contributed by atoms with Crippen molar-refractivity contribution in [3.63, 3.8) is 0 Å². The average Bonchev–Trinajstić information content (AvgIpc) is 3.02. The van der Waals surface area contributed by atoms with Crippen molar-refractivity contribution in [3.8, 4) is 0 Å². The second kappa shape index (κ2) is 5.32. The van der Waals surface area contributed by atoms with Gasteiger partial charge >= 0.3 is 0 Å². The summed E-state index contributed by atoms with van der Waals surface area (Å²) in [5.74, 6) is 1.61. The zero-order chi connectivity index (χ0) is 15.9. The van der Waals surface area contributed by atoms with Crippen LogP contribution in [0, 0.1) is 6.92 Å². The predicted molar refractivity (Wildman–Crippen MR) is 88.3 cm³/mol. The van der Waals surface area contributed by atoms with Gasteiger partial charge in [-0.2, -0.15) is 15.1 Å². The Kier molecular flexibility index (Phi) is 3.48. The molecule has 0 unspecified atom stereocenters. The maximum atomic E-state index is 4.71. The zero-order valence-corrected chi connectivity index (χ0v) is 13.6. The van der Waals surface area contributed by atoms with Gasteiger partial charge in [-0.3, -0.25) is 4.68 Å². The molecule has 0 saturated carbocycles. The lowest BCUT2D eigenvalue weighted by atomic mass is 10.3. The molecule has 0 bridgehead atoms. The second-order valence-corrected chi connectivity index (χ2v) is 5.76. The van der Waals surface area contributed by atoms with Gasteiger partial charge in [0.2, 0.25) is 5.95 Å². The zero-order valence-electron chi connectivity index (χ0n) is 13.6. The van der Waals surface area contributed by atoms with Gasteiger partial charge in [0.15, 0.2) is 0 Å². The third kappa shape index (κ3) is 2.49. The molecule has 0 aliphatic rings. The van der Waals surface area contributed by atoms with E-state index in [1.54, 1.807) is 0 Å². The number of rotatable bonds is 4. The highest BCUT2D eigenvalue weighted by atomic mass is 15.3. The Labute approximate surface area is 129 Å². The lowest BCUT2D eigenvalue weighted by molar-refractivity contribution is 0.697. The van der Waals surface area contributed by atoms with Crippen molar-refractivity contribution >= 4 is 22.8 Å². The molecule has 0 aliphatic carbocycles. The van der Waals surface area contributed by atoms with Crippen LogP contribution in [0.25, 0.3) is 11.0 Å². The van der Waals surface area contributed by atoms with E-state index in [1.807, 2.05) is 57.0 Å². The van der Waals surface area contributed by atoms with Gasteiger partial charge in [0, 0.05) is 40.1 Å². The van der Waals surface area contributed by atoms with E-state index in [0.29, 0.717) is 5.95 Å². The van der Waals surface area contributed by atoms with E-state index in [0.717, 1.165) is 34.8 Å². The molecule has 0 radical (unpaired) electrons. The minimum absolute atomic E-state index is 0.696. The average molecular weight is 299 g/mol. The van der Waals surface area contributed by atoms with Crippen LogP contribution in [0.5, 0.6) is 0 Å². The fourth-order valence-electron chi connectivity index (χ4n) is 2.48. The molecule has 3 aromatic heterocycles. The van der Waals surface area contributed by atoms with E-state index >= 15 is 0 Å². The van der Waals surface area contributed by atoms with Gasteiger partial charge in [-0.05, 0) is 19.1 Å². The predicted octanol–water partition coefficient (Wildman–Crippen LogP) is 1.70. The number of aromatic amines is 1. The molecule has 3 aromatic rings. The monoisotopic (exact) mass is 299 g/mol. The van der Waals surface area contributed by atoms with Crippen LogP contribution in [-0.2, 0) is 13.6 Å². The Morgan fingerprint density at radius 3 is 2.64 bits per heavy atom.